The van der Waals surface area contributed by atoms with E-state index in [1.54, 1.807) is 19.1 Å². The van der Waals surface area contributed by atoms with E-state index in [1.807, 2.05) is 13.8 Å². The number of carbonyl (C=O) groups is 1. The van der Waals surface area contributed by atoms with Crippen LogP contribution in [0.2, 0.25) is 0 Å². The third kappa shape index (κ3) is 3.96. The Kier molecular flexibility index (Phi) is 4.89. The van der Waals surface area contributed by atoms with Gasteiger partial charge in [0.1, 0.15) is 5.75 Å². The average Bonchev–Trinajstić information content (AvgIpc) is 2.57. The topological polar surface area (TPSA) is 29.5 Å². The summed E-state index contributed by atoms with van der Waals surface area (Å²) >= 11 is 3.40. The SMILES string of the molecule is CC1=CN(C(=O)C(F)(F)F)C=Cc2cc(OC(C)C)c(Br)cc21. The van der Waals surface area contributed by atoms with Crippen LogP contribution < -0.4 is 4.74 Å². The zero-order chi connectivity index (χ0) is 17.4. The molecular weight excluding hydrogens is 375 g/mol. The molecule has 0 saturated carbocycles. The minimum atomic E-state index is -4.93. The molecule has 0 bridgehead atoms. The first-order valence-corrected chi connectivity index (χ1v) is 7.65. The summed E-state index contributed by atoms with van der Waals surface area (Å²) in [5.41, 5.74) is 1.94. The highest BCUT2D eigenvalue weighted by molar-refractivity contribution is 9.10. The van der Waals surface area contributed by atoms with Crippen molar-refractivity contribution in [2.75, 3.05) is 0 Å². The van der Waals surface area contributed by atoms with E-state index in [-0.39, 0.29) is 6.10 Å². The number of hydrogen-bond acceptors (Lipinski definition) is 2. The van der Waals surface area contributed by atoms with Gasteiger partial charge in [-0.15, -0.1) is 0 Å². The molecule has 2 rings (SSSR count). The van der Waals surface area contributed by atoms with Gasteiger partial charge in [0.05, 0.1) is 10.6 Å². The smallest absolute Gasteiger partial charge is 0.472 e. The summed E-state index contributed by atoms with van der Waals surface area (Å²) in [4.78, 5) is 12.0. The number of halogens is 4. The molecule has 1 aliphatic rings. The fraction of sp³-hybridized carbons (Fsp3) is 0.312. The highest BCUT2D eigenvalue weighted by atomic mass is 79.9. The molecule has 0 spiro atoms. The molecule has 1 heterocycles. The number of benzene rings is 1. The van der Waals surface area contributed by atoms with Crippen LogP contribution in [0.3, 0.4) is 0 Å². The maximum absolute atomic E-state index is 12.6. The van der Waals surface area contributed by atoms with Gasteiger partial charge in [-0.1, -0.05) is 0 Å². The Morgan fingerprint density at radius 1 is 1.30 bits per heavy atom. The molecule has 0 fully saturated rings. The second-order valence-electron chi connectivity index (χ2n) is 5.37. The summed E-state index contributed by atoms with van der Waals surface area (Å²) < 4.78 is 44.2. The highest BCUT2D eigenvalue weighted by Gasteiger charge is 2.41. The molecule has 1 aromatic carbocycles. The normalized spacial score (nSPS) is 14.4. The van der Waals surface area contributed by atoms with E-state index in [1.165, 1.54) is 12.3 Å². The van der Waals surface area contributed by atoms with Crippen LogP contribution in [0.25, 0.3) is 11.6 Å². The first-order chi connectivity index (χ1) is 10.6. The van der Waals surface area contributed by atoms with Crippen molar-refractivity contribution in [2.45, 2.75) is 33.1 Å². The molecule has 7 heteroatoms. The van der Waals surface area contributed by atoms with Crippen molar-refractivity contribution >= 4 is 33.5 Å². The molecule has 0 unspecified atom stereocenters. The van der Waals surface area contributed by atoms with Crippen molar-refractivity contribution in [3.05, 3.63) is 40.1 Å². The molecule has 3 nitrogen and oxygen atoms in total. The van der Waals surface area contributed by atoms with Crippen molar-refractivity contribution in [1.82, 2.24) is 4.90 Å². The molecule has 23 heavy (non-hydrogen) atoms. The summed E-state index contributed by atoms with van der Waals surface area (Å²) in [6.07, 6.45) is -1.22. The van der Waals surface area contributed by atoms with Crippen LogP contribution in [-0.4, -0.2) is 23.1 Å². The van der Waals surface area contributed by atoms with Crippen LogP contribution in [-0.2, 0) is 4.79 Å². The second-order valence-corrected chi connectivity index (χ2v) is 6.23. The molecular formula is C16H15BrF3NO2. The summed E-state index contributed by atoms with van der Waals surface area (Å²) in [7, 11) is 0. The molecule has 0 N–H and O–H groups in total. The fourth-order valence-electron chi connectivity index (χ4n) is 2.15. The van der Waals surface area contributed by atoms with Gasteiger partial charge in [0, 0.05) is 12.4 Å². The molecule has 124 valence electrons. The summed E-state index contributed by atoms with van der Waals surface area (Å²) in [5.74, 6) is -1.34. The van der Waals surface area contributed by atoms with Crippen LogP contribution in [0.4, 0.5) is 13.2 Å². The molecule has 0 aliphatic carbocycles. The Morgan fingerprint density at radius 3 is 2.52 bits per heavy atom. The van der Waals surface area contributed by atoms with E-state index in [0.717, 1.165) is 11.8 Å². The van der Waals surface area contributed by atoms with Gasteiger partial charge in [-0.2, -0.15) is 13.2 Å². The van der Waals surface area contributed by atoms with Crippen molar-refractivity contribution in [3.8, 4) is 5.75 Å². The van der Waals surface area contributed by atoms with Crippen molar-refractivity contribution in [1.29, 1.82) is 0 Å². The molecule has 1 aromatic rings. The first-order valence-electron chi connectivity index (χ1n) is 6.86. The largest absolute Gasteiger partial charge is 0.490 e. The van der Waals surface area contributed by atoms with Gasteiger partial charge in [-0.3, -0.25) is 9.69 Å². The maximum Gasteiger partial charge on any atom is 0.472 e. The number of rotatable bonds is 2. The Labute approximate surface area is 140 Å². The summed E-state index contributed by atoms with van der Waals surface area (Å²) in [5, 5.41) is 0. The lowest BCUT2D eigenvalue weighted by Gasteiger charge is -2.15. The Morgan fingerprint density at radius 2 is 1.96 bits per heavy atom. The Hall–Kier alpha value is -1.76. The average molecular weight is 390 g/mol. The third-order valence-electron chi connectivity index (χ3n) is 3.12. The van der Waals surface area contributed by atoms with Crippen LogP contribution in [0, 0.1) is 0 Å². The van der Waals surface area contributed by atoms with Gasteiger partial charge >= 0.3 is 12.1 Å². The van der Waals surface area contributed by atoms with Gasteiger partial charge in [0.25, 0.3) is 0 Å². The standard InChI is InChI=1S/C16H15BrF3NO2/c1-9(2)23-14-6-11-4-5-21(15(22)16(18,19)20)8-10(3)12(11)7-13(14)17/h4-9H,1-3H3. The number of fused-ring (bicyclic) bond motifs is 1. The number of nitrogens with zero attached hydrogens (tertiary/aromatic N) is 1. The van der Waals surface area contributed by atoms with Crippen molar-refractivity contribution < 1.29 is 22.7 Å². The number of carbonyl (C=O) groups excluding carboxylic acids is 1. The van der Waals surface area contributed by atoms with E-state index in [9.17, 15) is 18.0 Å². The van der Waals surface area contributed by atoms with Gasteiger partial charge in [-0.25, -0.2) is 0 Å². The van der Waals surface area contributed by atoms with Crippen LogP contribution in [0.1, 0.15) is 31.9 Å². The fourth-order valence-corrected chi connectivity index (χ4v) is 2.58. The first kappa shape index (κ1) is 17.6. The van der Waals surface area contributed by atoms with Crippen LogP contribution >= 0.6 is 15.9 Å². The van der Waals surface area contributed by atoms with E-state index >= 15 is 0 Å². The molecule has 1 amide bonds. The zero-order valence-corrected chi connectivity index (χ0v) is 14.3. The number of hydrogen-bond donors (Lipinski definition) is 0. The number of allylic oxidation sites excluding steroid dienone is 1. The van der Waals surface area contributed by atoms with Crippen LogP contribution in [0.15, 0.2) is 29.0 Å². The predicted octanol–water partition coefficient (Wildman–Crippen LogP) is 4.97. The lowest BCUT2D eigenvalue weighted by atomic mass is 10.0. The quantitative estimate of drug-likeness (QED) is 0.714. The monoisotopic (exact) mass is 389 g/mol. The Bertz CT molecular complexity index is 693. The minimum Gasteiger partial charge on any atom is -0.490 e. The van der Waals surface area contributed by atoms with Gasteiger partial charge < -0.3 is 4.74 Å². The maximum atomic E-state index is 12.6. The number of amides is 1. The predicted molar refractivity (Wildman–Crippen MR) is 85.5 cm³/mol. The highest BCUT2D eigenvalue weighted by Crippen LogP contribution is 2.35. The molecule has 0 saturated heterocycles. The third-order valence-corrected chi connectivity index (χ3v) is 3.74. The van der Waals surface area contributed by atoms with Crippen molar-refractivity contribution in [3.63, 3.8) is 0 Å². The van der Waals surface area contributed by atoms with Crippen LogP contribution in [0.5, 0.6) is 5.75 Å². The second kappa shape index (κ2) is 6.39. The van der Waals surface area contributed by atoms with Gasteiger partial charge in [-0.05, 0) is 71.6 Å². The van der Waals surface area contributed by atoms with Crippen molar-refractivity contribution in [2.24, 2.45) is 0 Å². The number of alkyl halides is 3. The van der Waals surface area contributed by atoms with E-state index in [4.69, 9.17) is 4.74 Å². The van der Waals surface area contributed by atoms with E-state index < -0.39 is 12.1 Å². The van der Waals surface area contributed by atoms with Gasteiger partial charge in [0.2, 0.25) is 0 Å². The molecule has 0 atom stereocenters. The number of ether oxygens (including phenoxy) is 1. The zero-order valence-electron chi connectivity index (χ0n) is 12.7. The van der Waals surface area contributed by atoms with E-state index in [0.29, 0.717) is 26.3 Å². The summed E-state index contributed by atoms with van der Waals surface area (Å²) in [6.45, 7) is 5.41. The molecule has 0 aromatic heterocycles. The molecule has 0 radical (unpaired) electrons. The lowest BCUT2D eigenvalue weighted by Crippen LogP contribution is -2.34. The van der Waals surface area contributed by atoms with Gasteiger partial charge in [0.15, 0.2) is 0 Å². The Balaban J connectivity index is 2.46. The molecule has 1 aliphatic heterocycles. The summed E-state index contributed by atoms with van der Waals surface area (Å²) in [6, 6.07) is 3.50. The van der Waals surface area contributed by atoms with E-state index in [2.05, 4.69) is 15.9 Å². The lowest BCUT2D eigenvalue weighted by molar-refractivity contribution is -0.180. The minimum absolute atomic E-state index is 0.0425.